The van der Waals surface area contributed by atoms with E-state index in [1.54, 1.807) is 0 Å². The highest BCUT2D eigenvalue weighted by Gasteiger charge is 2.04. The SMILES string of the molecule is Cc1ccc(NC(=O)CCCOc2ccc(C)cc2C)cc1. The van der Waals surface area contributed by atoms with Gasteiger partial charge in [0, 0.05) is 12.1 Å². The minimum absolute atomic E-state index is 0.0214. The molecule has 3 nitrogen and oxygen atoms in total. The van der Waals surface area contributed by atoms with Crippen LogP contribution in [-0.2, 0) is 4.79 Å². The molecule has 2 aromatic carbocycles. The van der Waals surface area contributed by atoms with Crippen molar-refractivity contribution in [1.29, 1.82) is 0 Å². The molecule has 1 N–H and O–H groups in total. The number of aryl methyl sites for hydroxylation is 3. The van der Waals surface area contributed by atoms with Crippen LogP contribution >= 0.6 is 0 Å². The van der Waals surface area contributed by atoms with E-state index in [1.165, 1.54) is 11.1 Å². The maximum atomic E-state index is 11.9. The van der Waals surface area contributed by atoms with Gasteiger partial charge in [-0.05, 0) is 51.0 Å². The van der Waals surface area contributed by atoms with Crippen LogP contribution in [0.3, 0.4) is 0 Å². The summed E-state index contributed by atoms with van der Waals surface area (Å²) in [4.78, 5) is 11.9. The average Bonchev–Trinajstić information content (AvgIpc) is 2.48. The Kier molecular flexibility index (Phi) is 5.59. The molecule has 0 heterocycles. The number of amides is 1. The molecule has 0 atom stereocenters. The molecule has 0 aliphatic rings. The molecule has 0 spiro atoms. The average molecular weight is 297 g/mol. The third-order valence-corrected chi connectivity index (χ3v) is 3.47. The molecular formula is C19H23NO2. The molecule has 2 rings (SSSR count). The first-order valence-corrected chi connectivity index (χ1v) is 7.61. The van der Waals surface area contributed by atoms with Gasteiger partial charge in [0.2, 0.25) is 5.91 Å². The van der Waals surface area contributed by atoms with Crippen molar-refractivity contribution in [3.8, 4) is 5.75 Å². The first-order chi connectivity index (χ1) is 10.5. The van der Waals surface area contributed by atoms with Gasteiger partial charge in [-0.1, -0.05) is 35.4 Å². The normalized spacial score (nSPS) is 10.3. The number of rotatable bonds is 6. The van der Waals surface area contributed by atoms with Gasteiger partial charge < -0.3 is 10.1 Å². The van der Waals surface area contributed by atoms with Crippen LogP contribution in [0.5, 0.6) is 5.75 Å². The van der Waals surface area contributed by atoms with Gasteiger partial charge in [0.25, 0.3) is 0 Å². The first-order valence-electron chi connectivity index (χ1n) is 7.61. The molecule has 0 bridgehead atoms. The monoisotopic (exact) mass is 297 g/mol. The summed E-state index contributed by atoms with van der Waals surface area (Å²) in [7, 11) is 0. The van der Waals surface area contributed by atoms with Gasteiger partial charge in [0.1, 0.15) is 5.75 Å². The van der Waals surface area contributed by atoms with E-state index in [2.05, 4.69) is 18.3 Å². The number of nitrogens with one attached hydrogen (secondary N) is 1. The van der Waals surface area contributed by atoms with E-state index in [-0.39, 0.29) is 5.91 Å². The summed E-state index contributed by atoms with van der Waals surface area (Å²) < 4.78 is 5.73. The predicted molar refractivity (Wildman–Crippen MR) is 90.5 cm³/mol. The van der Waals surface area contributed by atoms with E-state index >= 15 is 0 Å². The lowest BCUT2D eigenvalue weighted by atomic mass is 10.1. The van der Waals surface area contributed by atoms with Crippen LogP contribution in [-0.4, -0.2) is 12.5 Å². The summed E-state index contributed by atoms with van der Waals surface area (Å²) >= 11 is 0. The van der Waals surface area contributed by atoms with Gasteiger partial charge in [0.15, 0.2) is 0 Å². The van der Waals surface area contributed by atoms with Crippen LogP contribution in [0.4, 0.5) is 5.69 Å². The van der Waals surface area contributed by atoms with E-state index in [9.17, 15) is 4.79 Å². The summed E-state index contributed by atoms with van der Waals surface area (Å²) in [6, 6.07) is 13.9. The van der Waals surface area contributed by atoms with Crippen molar-refractivity contribution in [2.45, 2.75) is 33.6 Å². The molecule has 0 saturated carbocycles. The molecule has 0 saturated heterocycles. The van der Waals surface area contributed by atoms with Gasteiger partial charge in [-0.15, -0.1) is 0 Å². The van der Waals surface area contributed by atoms with E-state index in [4.69, 9.17) is 4.74 Å². The maximum absolute atomic E-state index is 11.9. The van der Waals surface area contributed by atoms with Crippen LogP contribution in [0.2, 0.25) is 0 Å². The first kappa shape index (κ1) is 16.1. The highest BCUT2D eigenvalue weighted by atomic mass is 16.5. The highest BCUT2D eigenvalue weighted by molar-refractivity contribution is 5.90. The standard InChI is InChI=1S/C19H23NO2/c1-14-6-9-17(10-7-14)20-19(21)5-4-12-22-18-11-8-15(2)13-16(18)3/h6-11,13H,4-5,12H2,1-3H3,(H,20,21). The predicted octanol–water partition coefficient (Wildman–Crippen LogP) is 4.41. The maximum Gasteiger partial charge on any atom is 0.224 e. The lowest BCUT2D eigenvalue weighted by molar-refractivity contribution is -0.116. The Morgan fingerprint density at radius 1 is 1.00 bits per heavy atom. The Morgan fingerprint density at radius 3 is 2.36 bits per heavy atom. The lowest BCUT2D eigenvalue weighted by Gasteiger charge is -2.10. The molecule has 2 aromatic rings. The molecule has 0 unspecified atom stereocenters. The van der Waals surface area contributed by atoms with Crippen molar-refractivity contribution < 1.29 is 9.53 Å². The van der Waals surface area contributed by atoms with E-state index in [0.717, 1.165) is 17.0 Å². The van der Waals surface area contributed by atoms with Crippen molar-refractivity contribution in [1.82, 2.24) is 0 Å². The van der Waals surface area contributed by atoms with Crippen molar-refractivity contribution in [2.75, 3.05) is 11.9 Å². The van der Waals surface area contributed by atoms with Crippen molar-refractivity contribution in [3.63, 3.8) is 0 Å². The van der Waals surface area contributed by atoms with E-state index < -0.39 is 0 Å². The second kappa shape index (κ2) is 7.64. The van der Waals surface area contributed by atoms with Crippen LogP contribution in [0, 0.1) is 20.8 Å². The number of benzene rings is 2. The van der Waals surface area contributed by atoms with Crippen molar-refractivity contribution in [3.05, 3.63) is 59.2 Å². The number of ether oxygens (including phenoxy) is 1. The van der Waals surface area contributed by atoms with Gasteiger partial charge >= 0.3 is 0 Å². The lowest BCUT2D eigenvalue weighted by Crippen LogP contribution is -2.12. The van der Waals surface area contributed by atoms with Gasteiger partial charge in [0.05, 0.1) is 6.61 Å². The zero-order chi connectivity index (χ0) is 15.9. The summed E-state index contributed by atoms with van der Waals surface area (Å²) in [5.41, 5.74) is 4.37. The fourth-order valence-corrected chi connectivity index (χ4v) is 2.24. The number of hydrogen-bond donors (Lipinski definition) is 1. The Hall–Kier alpha value is -2.29. The smallest absolute Gasteiger partial charge is 0.224 e. The van der Waals surface area contributed by atoms with Crippen LogP contribution in [0.1, 0.15) is 29.5 Å². The minimum Gasteiger partial charge on any atom is -0.493 e. The van der Waals surface area contributed by atoms with Crippen molar-refractivity contribution in [2.24, 2.45) is 0 Å². The molecule has 116 valence electrons. The van der Waals surface area contributed by atoms with Crippen LogP contribution < -0.4 is 10.1 Å². The number of hydrogen-bond acceptors (Lipinski definition) is 2. The topological polar surface area (TPSA) is 38.3 Å². The Morgan fingerprint density at radius 2 is 1.68 bits per heavy atom. The quantitative estimate of drug-likeness (QED) is 0.802. The van der Waals surface area contributed by atoms with Gasteiger partial charge in [-0.2, -0.15) is 0 Å². The second-order valence-corrected chi connectivity index (χ2v) is 5.64. The number of carbonyl (C=O) groups excluding carboxylic acids is 1. The molecule has 3 heteroatoms. The second-order valence-electron chi connectivity index (χ2n) is 5.64. The van der Waals surface area contributed by atoms with Crippen molar-refractivity contribution >= 4 is 11.6 Å². The third-order valence-electron chi connectivity index (χ3n) is 3.47. The zero-order valence-corrected chi connectivity index (χ0v) is 13.5. The van der Waals surface area contributed by atoms with Gasteiger partial charge in [-0.25, -0.2) is 0 Å². The molecule has 0 fully saturated rings. The van der Waals surface area contributed by atoms with E-state index in [1.807, 2.05) is 50.2 Å². The molecule has 0 aromatic heterocycles. The Labute approximate surface area is 132 Å². The summed E-state index contributed by atoms with van der Waals surface area (Å²) in [6.45, 7) is 6.67. The fraction of sp³-hybridized carbons (Fsp3) is 0.316. The van der Waals surface area contributed by atoms with Gasteiger partial charge in [-0.3, -0.25) is 4.79 Å². The Bertz CT molecular complexity index is 632. The number of anilines is 1. The molecule has 1 amide bonds. The zero-order valence-electron chi connectivity index (χ0n) is 13.5. The molecule has 0 radical (unpaired) electrons. The molecule has 0 aliphatic carbocycles. The van der Waals surface area contributed by atoms with Crippen LogP contribution in [0.15, 0.2) is 42.5 Å². The molecule has 0 aliphatic heterocycles. The summed E-state index contributed by atoms with van der Waals surface area (Å²) in [6.07, 6.45) is 1.16. The fourth-order valence-electron chi connectivity index (χ4n) is 2.24. The largest absolute Gasteiger partial charge is 0.493 e. The molecular weight excluding hydrogens is 274 g/mol. The molecule has 22 heavy (non-hydrogen) atoms. The third kappa shape index (κ3) is 4.92. The van der Waals surface area contributed by atoms with E-state index in [0.29, 0.717) is 19.4 Å². The highest BCUT2D eigenvalue weighted by Crippen LogP contribution is 2.19. The number of carbonyl (C=O) groups is 1. The summed E-state index contributed by atoms with van der Waals surface area (Å²) in [5.74, 6) is 0.914. The summed E-state index contributed by atoms with van der Waals surface area (Å²) in [5, 5.41) is 2.89. The Balaban J connectivity index is 1.72. The minimum atomic E-state index is 0.0214. The van der Waals surface area contributed by atoms with Crippen LogP contribution in [0.25, 0.3) is 0 Å².